The van der Waals surface area contributed by atoms with Crippen molar-refractivity contribution in [1.82, 2.24) is 4.98 Å². The molecule has 1 heterocycles. The minimum Gasteiger partial charge on any atom is -0.494 e. The number of benzene rings is 2. The maximum Gasteiger partial charge on any atom is 0.188 e. The van der Waals surface area contributed by atoms with Crippen LogP contribution in [0.4, 0.5) is 10.8 Å². The Balaban J connectivity index is 1.80. The molecule has 0 fully saturated rings. The topological polar surface area (TPSA) is 34.1 Å². The van der Waals surface area contributed by atoms with Gasteiger partial charge in [-0.25, -0.2) is 4.98 Å². The van der Waals surface area contributed by atoms with Crippen molar-refractivity contribution in [3.8, 4) is 5.75 Å². The second kappa shape index (κ2) is 5.28. The van der Waals surface area contributed by atoms with Gasteiger partial charge in [-0.1, -0.05) is 23.5 Å². The van der Waals surface area contributed by atoms with Crippen LogP contribution in [0.3, 0.4) is 0 Å². The van der Waals surface area contributed by atoms with Crippen molar-refractivity contribution in [2.45, 2.75) is 6.92 Å². The lowest BCUT2D eigenvalue weighted by atomic mass is 10.3. The molecule has 3 nitrogen and oxygen atoms in total. The molecular weight excluding hydrogens is 256 g/mol. The van der Waals surface area contributed by atoms with E-state index < -0.39 is 0 Å². The summed E-state index contributed by atoms with van der Waals surface area (Å²) in [6, 6.07) is 16.0. The number of fused-ring (bicyclic) bond motifs is 1. The zero-order valence-electron chi connectivity index (χ0n) is 10.6. The third-order valence-corrected chi connectivity index (χ3v) is 3.66. The maximum atomic E-state index is 5.42. The molecule has 1 aromatic heterocycles. The quantitative estimate of drug-likeness (QED) is 0.761. The molecular formula is C15H14N2OS. The van der Waals surface area contributed by atoms with Crippen LogP contribution in [0.25, 0.3) is 10.2 Å². The van der Waals surface area contributed by atoms with Crippen LogP contribution in [0.2, 0.25) is 0 Å². The van der Waals surface area contributed by atoms with E-state index in [1.807, 2.05) is 49.4 Å². The van der Waals surface area contributed by atoms with Crippen LogP contribution in [0, 0.1) is 0 Å². The van der Waals surface area contributed by atoms with E-state index in [2.05, 4.69) is 16.4 Å². The second-order valence-corrected chi connectivity index (χ2v) is 5.10. The summed E-state index contributed by atoms with van der Waals surface area (Å²) in [5.74, 6) is 0.886. The predicted octanol–water partition coefficient (Wildman–Crippen LogP) is 4.44. The molecule has 0 aliphatic rings. The van der Waals surface area contributed by atoms with Gasteiger partial charge in [0.25, 0.3) is 0 Å². The number of ether oxygens (including phenoxy) is 1. The zero-order chi connectivity index (χ0) is 13.1. The molecule has 4 heteroatoms. The van der Waals surface area contributed by atoms with Gasteiger partial charge in [0.05, 0.1) is 16.8 Å². The van der Waals surface area contributed by atoms with E-state index in [0.717, 1.165) is 22.1 Å². The molecule has 3 aromatic rings. The van der Waals surface area contributed by atoms with Gasteiger partial charge in [0, 0.05) is 5.69 Å². The Hall–Kier alpha value is -2.07. The summed E-state index contributed by atoms with van der Waals surface area (Å²) in [7, 11) is 0. The van der Waals surface area contributed by atoms with Crippen LogP contribution in [0.1, 0.15) is 6.92 Å². The average Bonchev–Trinajstić information content (AvgIpc) is 2.83. The first-order valence-electron chi connectivity index (χ1n) is 6.20. The van der Waals surface area contributed by atoms with Crippen molar-refractivity contribution in [3.63, 3.8) is 0 Å². The smallest absolute Gasteiger partial charge is 0.188 e. The zero-order valence-corrected chi connectivity index (χ0v) is 11.4. The lowest BCUT2D eigenvalue weighted by Gasteiger charge is -2.05. The number of para-hydroxylation sites is 1. The number of nitrogens with one attached hydrogen (secondary N) is 1. The van der Waals surface area contributed by atoms with E-state index in [1.54, 1.807) is 11.3 Å². The number of anilines is 2. The molecule has 19 heavy (non-hydrogen) atoms. The summed E-state index contributed by atoms with van der Waals surface area (Å²) in [6.07, 6.45) is 0. The minimum absolute atomic E-state index is 0.685. The Morgan fingerprint density at radius 3 is 2.63 bits per heavy atom. The Morgan fingerprint density at radius 1 is 1.11 bits per heavy atom. The molecule has 96 valence electrons. The van der Waals surface area contributed by atoms with Crippen molar-refractivity contribution in [2.24, 2.45) is 0 Å². The summed E-state index contributed by atoms with van der Waals surface area (Å²) < 4.78 is 6.61. The van der Waals surface area contributed by atoms with Gasteiger partial charge < -0.3 is 10.1 Å². The molecule has 0 atom stereocenters. The monoisotopic (exact) mass is 270 g/mol. The van der Waals surface area contributed by atoms with Crippen molar-refractivity contribution in [1.29, 1.82) is 0 Å². The predicted molar refractivity (Wildman–Crippen MR) is 80.5 cm³/mol. The molecule has 0 saturated carbocycles. The third-order valence-electron chi connectivity index (χ3n) is 2.71. The van der Waals surface area contributed by atoms with E-state index in [0.29, 0.717) is 6.61 Å². The molecule has 0 aliphatic carbocycles. The van der Waals surface area contributed by atoms with Crippen LogP contribution < -0.4 is 10.1 Å². The van der Waals surface area contributed by atoms with Crippen LogP contribution in [-0.2, 0) is 0 Å². The highest BCUT2D eigenvalue weighted by atomic mass is 32.1. The number of hydrogen-bond acceptors (Lipinski definition) is 4. The summed E-state index contributed by atoms with van der Waals surface area (Å²) in [4.78, 5) is 4.54. The second-order valence-electron chi connectivity index (χ2n) is 4.07. The van der Waals surface area contributed by atoms with E-state index in [-0.39, 0.29) is 0 Å². The summed E-state index contributed by atoms with van der Waals surface area (Å²) in [6.45, 7) is 2.66. The Labute approximate surface area is 115 Å². The molecule has 0 unspecified atom stereocenters. The van der Waals surface area contributed by atoms with E-state index in [1.165, 1.54) is 4.70 Å². The number of thiazole rings is 1. The number of aromatic nitrogens is 1. The Bertz CT molecular complexity index is 643. The largest absolute Gasteiger partial charge is 0.494 e. The van der Waals surface area contributed by atoms with E-state index in [4.69, 9.17) is 4.74 Å². The van der Waals surface area contributed by atoms with Crippen molar-refractivity contribution < 1.29 is 4.74 Å². The summed E-state index contributed by atoms with van der Waals surface area (Å²) in [5, 5.41) is 4.22. The van der Waals surface area contributed by atoms with Crippen LogP contribution in [0.5, 0.6) is 5.75 Å². The fraction of sp³-hybridized carbons (Fsp3) is 0.133. The molecule has 2 aromatic carbocycles. The third kappa shape index (κ3) is 2.69. The van der Waals surface area contributed by atoms with Crippen LogP contribution >= 0.6 is 11.3 Å². The first-order valence-corrected chi connectivity index (χ1v) is 7.02. The lowest BCUT2D eigenvalue weighted by Crippen LogP contribution is -1.92. The summed E-state index contributed by atoms with van der Waals surface area (Å²) >= 11 is 1.65. The van der Waals surface area contributed by atoms with Gasteiger partial charge in [0.2, 0.25) is 0 Å². The average molecular weight is 270 g/mol. The first kappa shape index (κ1) is 12.0. The molecule has 0 spiro atoms. The number of hydrogen-bond donors (Lipinski definition) is 1. The molecule has 1 N–H and O–H groups in total. The SMILES string of the molecule is CCOc1ccc(Nc2nc3ccccc3s2)cc1. The number of rotatable bonds is 4. The van der Waals surface area contributed by atoms with Gasteiger partial charge >= 0.3 is 0 Å². The Kier molecular flexibility index (Phi) is 3.33. The molecule has 3 rings (SSSR count). The highest BCUT2D eigenvalue weighted by Crippen LogP contribution is 2.28. The first-order chi connectivity index (χ1) is 9.35. The normalized spacial score (nSPS) is 10.6. The van der Waals surface area contributed by atoms with Gasteiger partial charge in [-0.05, 0) is 43.3 Å². The summed E-state index contributed by atoms with van der Waals surface area (Å²) in [5.41, 5.74) is 2.04. The van der Waals surface area contributed by atoms with Gasteiger partial charge in [0.1, 0.15) is 5.75 Å². The maximum absolute atomic E-state index is 5.42. The number of nitrogens with zero attached hydrogens (tertiary/aromatic N) is 1. The highest BCUT2D eigenvalue weighted by molar-refractivity contribution is 7.22. The van der Waals surface area contributed by atoms with Gasteiger partial charge in [-0.2, -0.15) is 0 Å². The molecule has 0 radical (unpaired) electrons. The van der Waals surface area contributed by atoms with Gasteiger partial charge in [-0.3, -0.25) is 0 Å². The van der Waals surface area contributed by atoms with Crippen LogP contribution in [0.15, 0.2) is 48.5 Å². The molecule has 0 amide bonds. The fourth-order valence-corrected chi connectivity index (χ4v) is 2.74. The van der Waals surface area contributed by atoms with E-state index >= 15 is 0 Å². The van der Waals surface area contributed by atoms with Crippen molar-refractivity contribution in [2.75, 3.05) is 11.9 Å². The molecule has 0 bridgehead atoms. The van der Waals surface area contributed by atoms with E-state index in [9.17, 15) is 0 Å². The standard InChI is InChI=1S/C15H14N2OS/c1-2-18-12-9-7-11(8-10-12)16-15-17-13-5-3-4-6-14(13)19-15/h3-10H,2H2,1H3,(H,16,17). The molecule has 0 aliphatic heterocycles. The van der Waals surface area contributed by atoms with Gasteiger partial charge in [-0.15, -0.1) is 0 Å². The Morgan fingerprint density at radius 2 is 1.89 bits per heavy atom. The van der Waals surface area contributed by atoms with Gasteiger partial charge in [0.15, 0.2) is 5.13 Å². The highest BCUT2D eigenvalue weighted by Gasteiger charge is 2.03. The van der Waals surface area contributed by atoms with Crippen molar-refractivity contribution in [3.05, 3.63) is 48.5 Å². The minimum atomic E-state index is 0.685. The lowest BCUT2D eigenvalue weighted by molar-refractivity contribution is 0.340. The van der Waals surface area contributed by atoms with Crippen LogP contribution in [-0.4, -0.2) is 11.6 Å². The van der Waals surface area contributed by atoms with Crippen molar-refractivity contribution >= 4 is 32.4 Å². The fourth-order valence-electron chi connectivity index (χ4n) is 1.85. The molecule has 0 saturated heterocycles.